The third kappa shape index (κ3) is 2.00. The van der Waals surface area contributed by atoms with Gasteiger partial charge in [-0.1, -0.05) is 0 Å². The van der Waals surface area contributed by atoms with Crippen LogP contribution >= 0.6 is 11.3 Å². The quantitative estimate of drug-likeness (QED) is 0.883. The Labute approximate surface area is 104 Å². The molecular weight excluding hydrogens is 232 g/mol. The lowest BCUT2D eigenvalue weighted by Gasteiger charge is -2.10. The first kappa shape index (κ1) is 10.6. The van der Waals surface area contributed by atoms with Crippen LogP contribution in [0, 0.1) is 0 Å². The van der Waals surface area contributed by atoms with Crippen LogP contribution in [-0.4, -0.2) is 18.6 Å². The van der Waals surface area contributed by atoms with Crippen LogP contribution < -0.4 is 10.1 Å². The van der Waals surface area contributed by atoms with Crippen molar-refractivity contribution < 1.29 is 4.74 Å². The number of fused-ring (bicyclic) bond motifs is 1. The molecule has 17 heavy (non-hydrogen) atoms. The number of aryl methyl sites for hydroxylation is 1. The van der Waals surface area contributed by atoms with E-state index >= 15 is 0 Å². The molecule has 0 radical (unpaired) electrons. The SMILES string of the molecule is COc1ccc(-c2nc3c(s2)CCCN3)cc1. The third-order valence-electron chi connectivity index (χ3n) is 2.91. The van der Waals surface area contributed by atoms with Crippen molar-refractivity contribution in [3.63, 3.8) is 0 Å². The lowest BCUT2D eigenvalue weighted by atomic mass is 10.2. The predicted molar refractivity (Wildman–Crippen MR) is 70.9 cm³/mol. The number of hydrogen-bond acceptors (Lipinski definition) is 4. The van der Waals surface area contributed by atoms with Gasteiger partial charge < -0.3 is 10.1 Å². The number of benzene rings is 1. The summed E-state index contributed by atoms with van der Waals surface area (Å²) in [4.78, 5) is 6.02. The summed E-state index contributed by atoms with van der Waals surface area (Å²) in [6, 6.07) is 8.07. The van der Waals surface area contributed by atoms with Crippen molar-refractivity contribution in [1.29, 1.82) is 0 Å². The lowest BCUT2D eigenvalue weighted by Crippen LogP contribution is -2.09. The molecule has 0 unspecified atom stereocenters. The monoisotopic (exact) mass is 246 g/mol. The normalized spacial score (nSPS) is 13.9. The molecule has 0 amide bonds. The molecule has 0 fully saturated rings. The molecule has 0 saturated heterocycles. The second-order valence-corrected chi connectivity index (χ2v) is 5.13. The van der Waals surface area contributed by atoms with Crippen LogP contribution in [-0.2, 0) is 6.42 Å². The van der Waals surface area contributed by atoms with Crippen molar-refractivity contribution in [1.82, 2.24) is 4.98 Å². The number of nitrogens with zero attached hydrogens (tertiary/aromatic N) is 1. The molecule has 2 heterocycles. The van der Waals surface area contributed by atoms with Gasteiger partial charge in [0.15, 0.2) is 0 Å². The molecule has 3 nitrogen and oxygen atoms in total. The van der Waals surface area contributed by atoms with Crippen molar-refractivity contribution in [2.45, 2.75) is 12.8 Å². The first-order valence-electron chi connectivity index (χ1n) is 5.75. The number of thiazole rings is 1. The van der Waals surface area contributed by atoms with Crippen molar-refractivity contribution in [2.75, 3.05) is 19.0 Å². The Morgan fingerprint density at radius 2 is 2.12 bits per heavy atom. The number of ether oxygens (including phenoxy) is 1. The Bertz CT molecular complexity index is 495. The smallest absolute Gasteiger partial charge is 0.140 e. The van der Waals surface area contributed by atoms with Gasteiger partial charge in [0.25, 0.3) is 0 Å². The van der Waals surface area contributed by atoms with Crippen molar-refractivity contribution in [2.24, 2.45) is 0 Å². The Kier molecular flexibility index (Phi) is 2.73. The number of methoxy groups -OCH3 is 1. The maximum absolute atomic E-state index is 5.16. The fourth-order valence-electron chi connectivity index (χ4n) is 1.97. The van der Waals surface area contributed by atoms with Crippen LogP contribution in [0.3, 0.4) is 0 Å². The topological polar surface area (TPSA) is 34.1 Å². The van der Waals surface area contributed by atoms with Crippen LogP contribution in [0.1, 0.15) is 11.3 Å². The van der Waals surface area contributed by atoms with Crippen LogP contribution in [0.15, 0.2) is 24.3 Å². The Hall–Kier alpha value is -1.55. The molecule has 1 N–H and O–H groups in total. The summed E-state index contributed by atoms with van der Waals surface area (Å²) in [6.07, 6.45) is 2.35. The van der Waals surface area contributed by atoms with Crippen LogP contribution in [0.5, 0.6) is 5.75 Å². The average molecular weight is 246 g/mol. The number of aromatic nitrogens is 1. The zero-order valence-corrected chi connectivity index (χ0v) is 10.5. The second-order valence-electron chi connectivity index (χ2n) is 4.05. The summed E-state index contributed by atoms with van der Waals surface area (Å²) in [7, 11) is 1.68. The first-order chi connectivity index (χ1) is 8.36. The van der Waals surface area contributed by atoms with E-state index in [9.17, 15) is 0 Å². The fraction of sp³-hybridized carbons (Fsp3) is 0.308. The molecule has 1 aliphatic rings. The zero-order valence-electron chi connectivity index (χ0n) is 9.69. The molecule has 88 valence electrons. The van der Waals surface area contributed by atoms with Crippen LogP contribution in [0.2, 0.25) is 0 Å². The predicted octanol–water partition coefficient (Wildman–Crippen LogP) is 3.18. The minimum atomic E-state index is 0.883. The van der Waals surface area contributed by atoms with E-state index in [1.54, 1.807) is 18.4 Å². The Morgan fingerprint density at radius 3 is 2.82 bits per heavy atom. The van der Waals surface area contributed by atoms with Crippen LogP contribution in [0.25, 0.3) is 10.6 Å². The standard InChI is InChI=1S/C13H14N2OS/c1-16-10-6-4-9(5-7-10)13-15-12-11(17-13)3-2-8-14-12/h4-7,14H,2-3,8H2,1H3. The molecule has 0 aliphatic carbocycles. The molecule has 2 aromatic rings. The molecule has 1 aromatic heterocycles. The van der Waals surface area contributed by atoms with E-state index in [0.29, 0.717) is 0 Å². The molecule has 1 aromatic carbocycles. The second kappa shape index (κ2) is 4.37. The average Bonchev–Trinajstić information content (AvgIpc) is 2.82. The van der Waals surface area contributed by atoms with E-state index in [1.165, 1.54) is 11.3 Å². The van der Waals surface area contributed by atoms with Gasteiger partial charge in [-0.3, -0.25) is 0 Å². The molecule has 0 atom stereocenters. The van der Waals surface area contributed by atoms with E-state index in [1.807, 2.05) is 12.1 Å². The van der Waals surface area contributed by atoms with E-state index in [-0.39, 0.29) is 0 Å². The summed E-state index contributed by atoms with van der Waals surface area (Å²) < 4.78 is 5.16. The van der Waals surface area contributed by atoms with Gasteiger partial charge in [-0.05, 0) is 37.1 Å². The summed E-state index contributed by atoms with van der Waals surface area (Å²) in [5.41, 5.74) is 1.16. The van der Waals surface area contributed by atoms with E-state index in [0.717, 1.165) is 35.1 Å². The van der Waals surface area contributed by atoms with Gasteiger partial charge >= 0.3 is 0 Å². The zero-order chi connectivity index (χ0) is 11.7. The Balaban J connectivity index is 1.94. The van der Waals surface area contributed by atoms with Gasteiger partial charge in [0.1, 0.15) is 16.6 Å². The molecule has 3 rings (SSSR count). The van der Waals surface area contributed by atoms with Crippen LogP contribution in [0.4, 0.5) is 5.82 Å². The van der Waals surface area contributed by atoms with Gasteiger partial charge in [0.05, 0.1) is 7.11 Å². The molecular formula is C13H14N2OS. The molecule has 0 saturated carbocycles. The largest absolute Gasteiger partial charge is 0.497 e. The molecule has 1 aliphatic heterocycles. The minimum absolute atomic E-state index is 0.883. The highest BCUT2D eigenvalue weighted by molar-refractivity contribution is 7.15. The van der Waals surface area contributed by atoms with Crippen molar-refractivity contribution >= 4 is 17.2 Å². The molecule has 0 spiro atoms. The number of nitrogens with one attached hydrogen (secondary N) is 1. The van der Waals surface area contributed by atoms with E-state index in [4.69, 9.17) is 4.74 Å². The fourth-order valence-corrected chi connectivity index (χ4v) is 3.06. The maximum atomic E-state index is 5.16. The number of rotatable bonds is 2. The minimum Gasteiger partial charge on any atom is -0.497 e. The lowest BCUT2D eigenvalue weighted by molar-refractivity contribution is 0.415. The Morgan fingerprint density at radius 1 is 1.29 bits per heavy atom. The summed E-state index contributed by atoms with van der Waals surface area (Å²) >= 11 is 1.79. The molecule has 0 bridgehead atoms. The summed E-state index contributed by atoms with van der Waals surface area (Å²) in [5, 5.41) is 4.44. The van der Waals surface area contributed by atoms with Gasteiger partial charge in [0, 0.05) is 17.0 Å². The third-order valence-corrected chi connectivity index (χ3v) is 4.07. The van der Waals surface area contributed by atoms with E-state index in [2.05, 4.69) is 22.4 Å². The maximum Gasteiger partial charge on any atom is 0.140 e. The van der Waals surface area contributed by atoms with Gasteiger partial charge in [-0.25, -0.2) is 4.98 Å². The number of anilines is 1. The van der Waals surface area contributed by atoms with Gasteiger partial charge in [0.2, 0.25) is 0 Å². The first-order valence-corrected chi connectivity index (χ1v) is 6.56. The summed E-state index contributed by atoms with van der Waals surface area (Å²) in [6.45, 7) is 1.04. The van der Waals surface area contributed by atoms with Gasteiger partial charge in [-0.2, -0.15) is 0 Å². The highest BCUT2D eigenvalue weighted by Gasteiger charge is 2.15. The van der Waals surface area contributed by atoms with Crippen molar-refractivity contribution in [3.05, 3.63) is 29.1 Å². The van der Waals surface area contributed by atoms with E-state index < -0.39 is 0 Å². The highest BCUT2D eigenvalue weighted by Crippen LogP contribution is 2.34. The highest BCUT2D eigenvalue weighted by atomic mass is 32.1. The van der Waals surface area contributed by atoms with Crippen molar-refractivity contribution in [3.8, 4) is 16.3 Å². The number of hydrogen-bond donors (Lipinski definition) is 1. The van der Waals surface area contributed by atoms with Gasteiger partial charge in [-0.15, -0.1) is 11.3 Å². The summed E-state index contributed by atoms with van der Waals surface area (Å²) in [5.74, 6) is 1.96. The molecule has 4 heteroatoms.